The van der Waals surface area contributed by atoms with Crippen LogP contribution in [0.5, 0.6) is 0 Å². The van der Waals surface area contributed by atoms with E-state index < -0.39 is 17.7 Å². The van der Waals surface area contributed by atoms with Crippen LogP contribution in [0.1, 0.15) is 46.0 Å². The van der Waals surface area contributed by atoms with Crippen LogP contribution < -0.4 is 5.32 Å². The third-order valence-corrected chi connectivity index (χ3v) is 2.25. The van der Waals surface area contributed by atoms with Gasteiger partial charge in [-0.3, -0.25) is 14.4 Å². The average molecular weight is 229 g/mol. The number of carboxylic acids is 1. The van der Waals surface area contributed by atoms with Crippen molar-refractivity contribution < 1.29 is 19.5 Å². The number of hydrogen-bond acceptors (Lipinski definition) is 3. The lowest BCUT2D eigenvalue weighted by Gasteiger charge is -2.16. The SMILES string of the molecule is CCC[C@@H](CCC(=O)O)NC(=O)C(=O)CC. The minimum absolute atomic E-state index is 0.00522. The number of rotatable bonds is 8. The van der Waals surface area contributed by atoms with Crippen molar-refractivity contribution in [2.75, 3.05) is 0 Å². The summed E-state index contributed by atoms with van der Waals surface area (Å²) >= 11 is 0. The van der Waals surface area contributed by atoms with Gasteiger partial charge >= 0.3 is 5.97 Å². The summed E-state index contributed by atoms with van der Waals surface area (Å²) in [6.45, 7) is 3.57. The Morgan fingerprint density at radius 1 is 1.19 bits per heavy atom. The van der Waals surface area contributed by atoms with Crippen LogP contribution in [0.2, 0.25) is 0 Å². The molecule has 0 aromatic carbocycles. The highest BCUT2D eigenvalue weighted by Crippen LogP contribution is 2.05. The molecule has 5 nitrogen and oxygen atoms in total. The molecule has 0 aliphatic carbocycles. The van der Waals surface area contributed by atoms with E-state index in [1.807, 2.05) is 6.92 Å². The Kier molecular flexibility index (Phi) is 7.16. The van der Waals surface area contributed by atoms with Gasteiger partial charge in [0.1, 0.15) is 0 Å². The zero-order chi connectivity index (χ0) is 12.6. The van der Waals surface area contributed by atoms with E-state index in [0.29, 0.717) is 12.8 Å². The molecule has 0 unspecified atom stereocenters. The second-order valence-corrected chi connectivity index (χ2v) is 3.67. The predicted octanol–water partition coefficient (Wildman–Crippen LogP) is 1.12. The first-order chi connectivity index (χ1) is 7.51. The molecule has 0 saturated carbocycles. The van der Waals surface area contributed by atoms with Gasteiger partial charge in [0.25, 0.3) is 5.91 Å². The zero-order valence-corrected chi connectivity index (χ0v) is 9.78. The molecule has 0 heterocycles. The van der Waals surface area contributed by atoms with E-state index in [4.69, 9.17) is 5.11 Å². The third-order valence-electron chi connectivity index (χ3n) is 2.25. The molecule has 0 radical (unpaired) electrons. The predicted molar refractivity (Wildman–Crippen MR) is 59.0 cm³/mol. The number of carbonyl (C=O) groups is 3. The van der Waals surface area contributed by atoms with E-state index in [9.17, 15) is 14.4 Å². The Labute approximate surface area is 95.2 Å². The van der Waals surface area contributed by atoms with Crippen LogP contribution in [0.3, 0.4) is 0 Å². The van der Waals surface area contributed by atoms with Crippen molar-refractivity contribution >= 4 is 17.7 Å². The highest BCUT2D eigenvalue weighted by atomic mass is 16.4. The molecule has 0 aliphatic heterocycles. The van der Waals surface area contributed by atoms with Gasteiger partial charge in [0.05, 0.1) is 0 Å². The average Bonchev–Trinajstić information content (AvgIpc) is 2.24. The van der Waals surface area contributed by atoms with Gasteiger partial charge in [-0.25, -0.2) is 0 Å². The lowest BCUT2D eigenvalue weighted by molar-refractivity contribution is -0.139. The van der Waals surface area contributed by atoms with Crippen molar-refractivity contribution in [1.29, 1.82) is 0 Å². The summed E-state index contributed by atoms with van der Waals surface area (Å²) in [7, 11) is 0. The smallest absolute Gasteiger partial charge is 0.303 e. The second-order valence-electron chi connectivity index (χ2n) is 3.67. The minimum Gasteiger partial charge on any atom is -0.481 e. The molecule has 0 rings (SSSR count). The molecule has 0 bridgehead atoms. The molecule has 0 spiro atoms. The zero-order valence-electron chi connectivity index (χ0n) is 9.78. The lowest BCUT2D eigenvalue weighted by Crippen LogP contribution is -2.39. The van der Waals surface area contributed by atoms with Crippen molar-refractivity contribution in [2.24, 2.45) is 0 Å². The first-order valence-electron chi connectivity index (χ1n) is 5.56. The fraction of sp³-hybridized carbons (Fsp3) is 0.727. The maximum Gasteiger partial charge on any atom is 0.303 e. The van der Waals surface area contributed by atoms with Crippen molar-refractivity contribution in [3.63, 3.8) is 0 Å². The second kappa shape index (κ2) is 7.84. The molecule has 0 aromatic rings. The van der Waals surface area contributed by atoms with Crippen molar-refractivity contribution in [3.8, 4) is 0 Å². The van der Waals surface area contributed by atoms with E-state index in [-0.39, 0.29) is 18.9 Å². The Morgan fingerprint density at radius 2 is 1.81 bits per heavy atom. The molecule has 0 fully saturated rings. The summed E-state index contributed by atoms with van der Waals surface area (Å²) in [5, 5.41) is 11.1. The fourth-order valence-electron chi connectivity index (χ4n) is 1.36. The van der Waals surface area contributed by atoms with Gasteiger partial charge in [-0.1, -0.05) is 20.3 Å². The molecule has 0 aromatic heterocycles. The van der Waals surface area contributed by atoms with Crippen molar-refractivity contribution in [2.45, 2.75) is 52.0 Å². The van der Waals surface area contributed by atoms with Crippen molar-refractivity contribution in [3.05, 3.63) is 0 Å². The molecule has 2 N–H and O–H groups in total. The number of amides is 1. The van der Waals surface area contributed by atoms with Gasteiger partial charge in [0.15, 0.2) is 0 Å². The number of ketones is 1. The minimum atomic E-state index is -0.892. The molecule has 16 heavy (non-hydrogen) atoms. The topological polar surface area (TPSA) is 83.5 Å². The normalized spacial score (nSPS) is 11.9. The summed E-state index contributed by atoms with van der Waals surface area (Å²) in [5.74, 6) is -1.96. The van der Waals surface area contributed by atoms with E-state index in [1.165, 1.54) is 0 Å². The van der Waals surface area contributed by atoms with Crippen LogP contribution in [-0.4, -0.2) is 28.8 Å². The van der Waals surface area contributed by atoms with Crippen LogP contribution >= 0.6 is 0 Å². The first-order valence-corrected chi connectivity index (χ1v) is 5.56. The van der Waals surface area contributed by atoms with E-state index in [2.05, 4.69) is 5.32 Å². The highest BCUT2D eigenvalue weighted by molar-refractivity contribution is 6.36. The highest BCUT2D eigenvalue weighted by Gasteiger charge is 2.17. The summed E-state index contributed by atoms with van der Waals surface area (Å²) in [6.07, 6.45) is 2.07. The number of hydrogen-bond donors (Lipinski definition) is 2. The molecule has 0 aliphatic rings. The molecule has 1 amide bonds. The molecule has 92 valence electrons. The van der Waals surface area contributed by atoms with Gasteiger partial charge in [-0.2, -0.15) is 0 Å². The summed E-state index contributed by atoms with van der Waals surface area (Å²) in [6, 6.07) is -0.218. The van der Waals surface area contributed by atoms with Crippen LogP contribution in [0.15, 0.2) is 0 Å². The van der Waals surface area contributed by atoms with Gasteiger partial charge < -0.3 is 10.4 Å². The largest absolute Gasteiger partial charge is 0.481 e. The summed E-state index contributed by atoms with van der Waals surface area (Å²) in [5.41, 5.74) is 0. The van der Waals surface area contributed by atoms with Crippen LogP contribution in [0.4, 0.5) is 0 Å². The Balaban J connectivity index is 4.15. The van der Waals surface area contributed by atoms with E-state index in [0.717, 1.165) is 6.42 Å². The maximum atomic E-state index is 11.3. The Hall–Kier alpha value is -1.39. The van der Waals surface area contributed by atoms with Gasteiger partial charge in [-0.15, -0.1) is 0 Å². The van der Waals surface area contributed by atoms with Crippen molar-refractivity contribution in [1.82, 2.24) is 5.32 Å². The Bertz CT molecular complexity index is 263. The van der Waals surface area contributed by atoms with Gasteiger partial charge in [-0.05, 0) is 12.8 Å². The number of aliphatic carboxylic acids is 1. The number of carboxylic acid groups (broad SMARTS) is 1. The number of Topliss-reactive ketones (excluding diaryl/α,β-unsaturated/α-hetero) is 1. The van der Waals surface area contributed by atoms with Crippen LogP contribution in [0.25, 0.3) is 0 Å². The standard InChI is InChI=1S/C11H19NO4/c1-3-5-8(6-7-10(14)15)12-11(16)9(13)4-2/h8H,3-7H2,1-2H3,(H,12,16)(H,14,15)/t8-/m0/s1. The summed E-state index contributed by atoms with van der Waals surface area (Å²) < 4.78 is 0. The fourth-order valence-corrected chi connectivity index (χ4v) is 1.36. The quantitative estimate of drug-likeness (QED) is 0.611. The lowest BCUT2D eigenvalue weighted by atomic mass is 10.1. The molecule has 0 saturated heterocycles. The van der Waals surface area contributed by atoms with Crippen LogP contribution in [0, 0.1) is 0 Å². The third kappa shape index (κ3) is 6.16. The molecular weight excluding hydrogens is 210 g/mol. The van der Waals surface area contributed by atoms with Gasteiger partial charge in [0, 0.05) is 18.9 Å². The van der Waals surface area contributed by atoms with Gasteiger partial charge in [0.2, 0.25) is 5.78 Å². The van der Waals surface area contributed by atoms with E-state index >= 15 is 0 Å². The molecular formula is C11H19NO4. The first kappa shape index (κ1) is 14.6. The molecule has 1 atom stereocenters. The number of nitrogens with one attached hydrogen (secondary N) is 1. The number of carbonyl (C=O) groups excluding carboxylic acids is 2. The van der Waals surface area contributed by atoms with Crippen LogP contribution in [-0.2, 0) is 14.4 Å². The molecule has 5 heteroatoms. The summed E-state index contributed by atoms with van der Waals surface area (Å²) in [4.78, 5) is 32.8. The Morgan fingerprint density at radius 3 is 2.25 bits per heavy atom. The maximum absolute atomic E-state index is 11.3. The monoisotopic (exact) mass is 229 g/mol. The van der Waals surface area contributed by atoms with E-state index in [1.54, 1.807) is 6.92 Å².